The summed E-state index contributed by atoms with van der Waals surface area (Å²) in [5.41, 5.74) is 4.88. The average Bonchev–Trinajstić information content (AvgIpc) is 2.77. The van der Waals surface area contributed by atoms with Gasteiger partial charge in [0.15, 0.2) is 0 Å². The number of aryl methyl sites for hydroxylation is 3. The van der Waals surface area contributed by atoms with Crippen molar-refractivity contribution in [3.63, 3.8) is 0 Å². The lowest BCUT2D eigenvalue weighted by Gasteiger charge is -2.14. The van der Waals surface area contributed by atoms with Gasteiger partial charge in [0.25, 0.3) is 0 Å². The summed E-state index contributed by atoms with van der Waals surface area (Å²) in [5.74, 6) is -0.775. The molecule has 7 heteroatoms. The summed E-state index contributed by atoms with van der Waals surface area (Å²) in [7, 11) is 0. The van der Waals surface area contributed by atoms with Crippen LogP contribution < -0.4 is 5.32 Å². The molecule has 0 radical (unpaired) electrons. The Hall–Kier alpha value is -2.31. The molecule has 1 unspecified atom stereocenters. The van der Waals surface area contributed by atoms with E-state index in [9.17, 15) is 18.0 Å². The summed E-state index contributed by atoms with van der Waals surface area (Å²) < 4.78 is 38.9. The van der Waals surface area contributed by atoms with E-state index in [4.69, 9.17) is 0 Å². The number of nitrogens with one attached hydrogen (secondary N) is 1. The summed E-state index contributed by atoms with van der Waals surface area (Å²) in [5, 5.41) is 6.85. The predicted octanol–water partition coefficient (Wildman–Crippen LogP) is 4.14. The quantitative estimate of drug-likeness (QED) is 0.817. The Morgan fingerprint density at radius 1 is 1.15 bits per heavy atom. The molecule has 0 aliphatic rings. The van der Waals surface area contributed by atoms with Crippen LogP contribution in [0.15, 0.2) is 18.2 Å². The van der Waals surface area contributed by atoms with E-state index in [0.717, 1.165) is 10.2 Å². The molecule has 0 aliphatic heterocycles. The van der Waals surface area contributed by atoms with Crippen molar-refractivity contribution in [1.82, 2.24) is 15.1 Å². The van der Waals surface area contributed by atoms with Crippen LogP contribution in [0.2, 0.25) is 0 Å². The second kappa shape index (κ2) is 8.15. The first kappa shape index (κ1) is 21.0. The molecule has 0 spiro atoms. The number of carbonyl (C=O) groups excluding carboxylic acids is 1. The zero-order chi connectivity index (χ0) is 20.4. The van der Waals surface area contributed by atoms with Gasteiger partial charge in [0, 0.05) is 17.8 Å². The van der Waals surface area contributed by atoms with Gasteiger partial charge in [0.1, 0.15) is 6.54 Å². The van der Waals surface area contributed by atoms with Crippen molar-refractivity contribution in [2.24, 2.45) is 0 Å². The van der Waals surface area contributed by atoms with Gasteiger partial charge >= 0.3 is 6.18 Å². The maximum absolute atomic E-state index is 12.7. The standard InChI is InChI=1S/C20H26F3N3O/c1-12-8-13(2)10-17(9-12)6-7-24-19(27)14(3)18-15(4)25-26(16(18)5)11-20(21,22)23/h8-10,14H,6-7,11H2,1-5H3,(H,24,27). The van der Waals surface area contributed by atoms with Gasteiger partial charge in [0.2, 0.25) is 5.91 Å². The molecule has 0 saturated heterocycles. The molecule has 0 bridgehead atoms. The van der Waals surface area contributed by atoms with Gasteiger partial charge in [-0.15, -0.1) is 0 Å². The molecule has 148 valence electrons. The van der Waals surface area contributed by atoms with Crippen LogP contribution in [0.1, 0.15) is 46.5 Å². The third-order valence-electron chi connectivity index (χ3n) is 4.59. The lowest BCUT2D eigenvalue weighted by molar-refractivity contribution is -0.143. The Morgan fingerprint density at radius 3 is 2.30 bits per heavy atom. The molecule has 0 aliphatic carbocycles. The molecule has 1 aromatic carbocycles. The van der Waals surface area contributed by atoms with E-state index in [0.29, 0.717) is 29.9 Å². The van der Waals surface area contributed by atoms with Gasteiger partial charge in [-0.3, -0.25) is 9.48 Å². The van der Waals surface area contributed by atoms with Crippen molar-refractivity contribution < 1.29 is 18.0 Å². The highest BCUT2D eigenvalue weighted by molar-refractivity contribution is 5.83. The maximum atomic E-state index is 12.7. The normalized spacial score (nSPS) is 12.9. The van der Waals surface area contributed by atoms with Crippen molar-refractivity contribution in [3.05, 3.63) is 51.8 Å². The highest BCUT2D eigenvalue weighted by Crippen LogP contribution is 2.26. The third kappa shape index (κ3) is 5.58. The van der Waals surface area contributed by atoms with Crippen molar-refractivity contribution >= 4 is 5.91 Å². The van der Waals surface area contributed by atoms with E-state index in [1.807, 2.05) is 13.8 Å². The third-order valence-corrected chi connectivity index (χ3v) is 4.59. The van der Waals surface area contributed by atoms with Crippen molar-refractivity contribution in [3.8, 4) is 0 Å². The molecule has 27 heavy (non-hydrogen) atoms. The Bertz CT molecular complexity index is 804. The van der Waals surface area contributed by atoms with E-state index in [-0.39, 0.29) is 5.91 Å². The SMILES string of the molecule is Cc1cc(C)cc(CCNC(=O)C(C)c2c(C)nn(CC(F)(F)F)c2C)c1. The summed E-state index contributed by atoms with van der Waals surface area (Å²) in [4.78, 5) is 12.5. The minimum Gasteiger partial charge on any atom is -0.355 e. The Labute approximate surface area is 157 Å². The van der Waals surface area contributed by atoms with Gasteiger partial charge < -0.3 is 5.32 Å². The fourth-order valence-electron chi connectivity index (χ4n) is 3.49. The summed E-state index contributed by atoms with van der Waals surface area (Å²) in [6.45, 7) is 8.28. The van der Waals surface area contributed by atoms with Gasteiger partial charge in [0.05, 0.1) is 11.6 Å². The number of halogens is 3. The Morgan fingerprint density at radius 2 is 1.74 bits per heavy atom. The van der Waals surface area contributed by atoms with Crippen LogP contribution in [0, 0.1) is 27.7 Å². The zero-order valence-electron chi connectivity index (χ0n) is 16.4. The molecule has 4 nitrogen and oxygen atoms in total. The first-order chi connectivity index (χ1) is 12.5. The van der Waals surface area contributed by atoms with Crippen molar-refractivity contribution in [2.75, 3.05) is 6.54 Å². The first-order valence-electron chi connectivity index (χ1n) is 8.93. The van der Waals surface area contributed by atoms with Crippen molar-refractivity contribution in [2.45, 2.75) is 59.7 Å². The van der Waals surface area contributed by atoms with Gasteiger partial charge in [-0.2, -0.15) is 18.3 Å². The first-order valence-corrected chi connectivity index (χ1v) is 8.93. The number of benzene rings is 1. The summed E-state index contributed by atoms with van der Waals surface area (Å²) in [6, 6.07) is 6.25. The number of alkyl halides is 3. The van der Waals surface area contributed by atoms with E-state index < -0.39 is 18.6 Å². The van der Waals surface area contributed by atoms with Crippen LogP contribution in [0.25, 0.3) is 0 Å². The van der Waals surface area contributed by atoms with E-state index in [1.54, 1.807) is 20.8 Å². The number of rotatable bonds is 6. The number of amides is 1. The summed E-state index contributed by atoms with van der Waals surface area (Å²) in [6.07, 6.45) is -3.65. The maximum Gasteiger partial charge on any atom is 0.408 e. The van der Waals surface area contributed by atoms with Gasteiger partial charge in [-0.05, 0) is 46.6 Å². The van der Waals surface area contributed by atoms with Gasteiger partial charge in [-0.1, -0.05) is 29.3 Å². The number of nitrogens with zero attached hydrogens (tertiary/aromatic N) is 2. The molecule has 1 heterocycles. The molecule has 1 aromatic heterocycles. The van der Waals surface area contributed by atoms with Crippen LogP contribution in [-0.4, -0.2) is 28.4 Å². The molecule has 1 N–H and O–H groups in total. The number of hydrogen-bond donors (Lipinski definition) is 1. The fourth-order valence-corrected chi connectivity index (χ4v) is 3.49. The Balaban J connectivity index is 2.02. The van der Waals surface area contributed by atoms with Crippen LogP contribution in [-0.2, 0) is 17.8 Å². The minimum absolute atomic E-state index is 0.211. The molecule has 0 saturated carbocycles. The van der Waals surface area contributed by atoms with E-state index >= 15 is 0 Å². The molecule has 1 amide bonds. The summed E-state index contributed by atoms with van der Waals surface area (Å²) >= 11 is 0. The predicted molar refractivity (Wildman–Crippen MR) is 98.8 cm³/mol. The van der Waals surface area contributed by atoms with Crippen LogP contribution >= 0.6 is 0 Å². The molecule has 0 fully saturated rings. The second-order valence-corrected chi connectivity index (χ2v) is 7.12. The highest BCUT2D eigenvalue weighted by Gasteiger charge is 2.31. The van der Waals surface area contributed by atoms with Gasteiger partial charge in [-0.25, -0.2) is 0 Å². The minimum atomic E-state index is -4.35. The molecule has 2 aromatic rings. The lowest BCUT2D eigenvalue weighted by Crippen LogP contribution is -2.30. The van der Waals surface area contributed by atoms with E-state index in [1.165, 1.54) is 11.1 Å². The van der Waals surface area contributed by atoms with Crippen LogP contribution in [0.4, 0.5) is 13.2 Å². The van der Waals surface area contributed by atoms with Crippen LogP contribution in [0.5, 0.6) is 0 Å². The lowest BCUT2D eigenvalue weighted by atomic mass is 9.98. The molecular weight excluding hydrogens is 355 g/mol. The molecule has 1 atom stereocenters. The molecular formula is C20H26F3N3O. The molecule has 2 rings (SSSR count). The number of hydrogen-bond acceptors (Lipinski definition) is 2. The fraction of sp³-hybridized carbons (Fsp3) is 0.500. The van der Waals surface area contributed by atoms with Crippen molar-refractivity contribution in [1.29, 1.82) is 0 Å². The monoisotopic (exact) mass is 381 g/mol. The zero-order valence-corrected chi connectivity index (χ0v) is 16.4. The second-order valence-electron chi connectivity index (χ2n) is 7.12. The highest BCUT2D eigenvalue weighted by atomic mass is 19.4. The topological polar surface area (TPSA) is 46.9 Å². The van der Waals surface area contributed by atoms with E-state index in [2.05, 4.69) is 28.6 Å². The van der Waals surface area contributed by atoms with Crippen LogP contribution in [0.3, 0.4) is 0 Å². The average molecular weight is 381 g/mol. The Kier molecular flexibility index (Phi) is 6.34. The smallest absolute Gasteiger partial charge is 0.355 e. The number of carbonyl (C=O) groups is 1. The largest absolute Gasteiger partial charge is 0.408 e. The number of aromatic nitrogens is 2.